The average molecular weight is 292 g/mol. The van der Waals surface area contributed by atoms with E-state index in [2.05, 4.69) is 16.6 Å². The lowest BCUT2D eigenvalue weighted by Gasteiger charge is -2.14. The first-order chi connectivity index (χ1) is 9.53. The van der Waals surface area contributed by atoms with Crippen molar-refractivity contribution in [3.63, 3.8) is 0 Å². The van der Waals surface area contributed by atoms with E-state index in [1.54, 1.807) is 24.3 Å². The second-order valence-electron chi connectivity index (χ2n) is 5.20. The molecule has 0 amide bonds. The fourth-order valence-corrected chi connectivity index (χ4v) is 3.60. The predicted molar refractivity (Wildman–Crippen MR) is 79.5 cm³/mol. The molecule has 0 bridgehead atoms. The van der Waals surface area contributed by atoms with Gasteiger partial charge in [0.15, 0.2) is 0 Å². The predicted octanol–water partition coefficient (Wildman–Crippen LogP) is 1.46. The van der Waals surface area contributed by atoms with Gasteiger partial charge in [0.05, 0.1) is 11.4 Å². The van der Waals surface area contributed by atoms with Crippen LogP contribution >= 0.6 is 0 Å². The van der Waals surface area contributed by atoms with Gasteiger partial charge < -0.3 is 5.73 Å². The third-order valence-corrected chi connectivity index (χ3v) is 4.89. The largest absolute Gasteiger partial charge is 0.320 e. The molecular weight excluding hydrogens is 272 g/mol. The fraction of sp³-hybridized carbons (Fsp3) is 0.467. The molecule has 0 aromatic heterocycles. The molecule has 4 nitrogen and oxygen atoms in total. The molecule has 1 unspecified atom stereocenters. The number of hydrogen-bond acceptors (Lipinski definition) is 3. The fourth-order valence-electron chi connectivity index (χ4n) is 2.18. The first-order valence-electron chi connectivity index (χ1n) is 6.83. The SMILES string of the molecule is CC(CC1CC1)NS(=O)(=O)c1ccccc1C#CCN. The summed E-state index contributed by atoms with van der Waals surface area (Å²) in [5, 5.41) is 0. The van der Waals surface area contributed by atoms with Crippen molar-refractivity contribution in [2.45, 2.75) is 37.1 Å². The minimum Gasteiger partial charge on any atom is -0.320 e. The highest BCUT2D eigenvalue weighted by atomic mass is 32.2. The van der Waals surface area contributed by atoms with Gasteiger partial charge in [0.25, 0.3) is 0 Å². The van der Waals surface area contributed by atoms with Crippen molar-refractivity contribution in [3.05, 3.63) is 29.8 Å². The molecule has 1 aliphatic rings. The lowest BCUT2D eigenvalue weighted by molar-refractivity contribution is 0.530. The van der Waals surface area contributed by atoms with Crippen molar-refractivity contribution < 1.29 is 8.42 Å². The normalized spacial score (nSPS) is 16.3. The second kappa shape index (κ2) is 6.40. The maximum Gasteiger partial charge on any atom is 0.242 e. The molecule has 1 aromatic carbocycles. The van der Waals surface area contributed by atoms with E-state index in [-0.39, 0.29) is 17.5 Å². The van der Waals surface area contributed by atoms with Crippen LogP contribution in [0.15, 0.2) is 29.2 Å². The van der Waals surface area contributed by atoms with Crippen molar-refractivity contribution in [2.24, 2.45) is 11.7 Å². The highest BCUT2D eigenvalue weighted by Crippen LogP contribution is 2.33. The first-order valence-corrected chi connectivity index (χ1v) is 8.31. The van der Waals surface area contributed by atoms with Crippen LogP contribution < -0.4 is 10.5 Å². The van der Waals surface area contributed by atoms with Crippen LogP contribution in [0.2, 0.25) is 0 Å². The quantitative estimate of drug-likeness (QED) is 0.807. The summed E-state index contributed by atoms with van der Waals surface area (Å²) in [4.78, 5) is 0.226. The Kier molecular flexibility index (Phi) is 4.81. The summed E-state index contributed by atoms with van der Waals surface area (Å²) in [6.07, 6.45) is 3.32. The zero-order valence-corrected chi connectivity index (χ0v) is 12.4. The Labute approximate surface area is 120 Å². The van der Waals surface area contributed by atoms with Crippen LogP contribution in [-0.4, -0.2) is 21.0 Å². The standard InChI is InChI=1S/C15H20N2O2S/c1-12(11-13-8-9-13)17-20(18,19)15-7-3-2-5-14(15)6-4-10-16/h2-3,5,7,12-13,17H,8-11,16H2,1H3. The molecule has 1 aromatic rings. The van der Waals surface area contributed by atoms with Gasteiger partial charge in [0.2, 0.25) is 10.0 Å². The first kappa shape index (κ1) is 15.0. The van der Waals surface area contributed by atoms with E-state index < -0.39 is 10.0 Å². The molecule has 0 heterocycles. The van der Waals surface area contributed by atoms with Gasteiger partial charge in [-0.25, -0.2) is 13.1 Å². The maximum atomic E-state index is 12.4. The van der Waals surface area contributed by atoms with Gasteiger partial charge in [0, 0.05) is 11.6 Å². The van der Waals surface area contributed by atoms with Crippen LogP contribution in [0.5, 0.6) is 0 Å². The lowest BCUT2D eigenvalue weighted by atomic mass is 10.2. The van der Waals surface area contributed by atoms with Crippen molar-refractivity contribution in [1.29, 1.82) is 0 Å². The number of benzene rings is 1. The van der Waals surface area contributed by atoms with Gasteiger partial charge in [-0.05, 0) is 31.4 Å². The third kappa shape index (κ3) is 4.07. The summed E-state index contributed by atoms with van der Waals surface area (Å²) < 4.78 is 27.6. The Morgan fingerprint density at radius 2 is 2.10 bits per heavy atom. The molecule has 5 heteroatoms. The third-order valence-electron chi connectivity index (χ3n) is 3.24. The number of hydrogen-bond donors (Lipinski definition) is 2. The number of nitrogens with one attached hydrogen (secondary N) is 1. The molecule has 0 radical (unpaired) electrons. The van der Waals surface area contributed by atoms with Crippen molar-refractivity contribution in [1.82, 2.24) is 4.72 Å². The number of sulfonamides is 1. The zero-order chi connectivity index (χ0) is 14.6. The molecule has 1 saturated carbocycles. The van der Waals surface area contributed by atoms with Gasteiger partial charge in [0.1, 0.15) is 0 Å². The molecule has 1 atom stereocenters. The van der Waals surface area contributed by atoms with E-state index in [0.717, 1.165) is 6.42 Å². The molecule has 3 N–H and O–H groups in total. The Bertz CT molecular complexity index is 625. The van der Waals surface area contributed by atoms with Crippen LogP contribution in [0.4, 0.5) is 0 Å². The van der Waals surface area contributed by atoms with E-state index in [1.807, 2.05) is 6.92 Å². The summed E-state index contributed by atoms with van der Waals surface area (Å²) >= 11 is 0. The number of nitrogens with two attached hydrogens (primary N) is 1. The van der Waals surface area contributed by atoms with E-state index in [1.165, 1.54) is 12.8 Å². The lowest BCUT2D eigenvalue weighted by Crippen LogP contribution is -2.33. The van der Waals surface area contributed by atoms with E-state index >= 15 is 0 Å². The zero-order valence-electron chi connectivity index (χ0n) is 11.6. The summed E-state index contributed by atoms with van der Waals surface area (Å²) in [6, 6.07) is 6.69. The molecule has 0 saturated heterocycles. The van der Waals surface area contributed by atoms with Gasteiger partial charge in [-0.2, -0.15) is 0 Å². The van der Waals surface area contributed by atoms with Crippen molar-refractivity contribution >= 4 is 10.0 Å². The molecule has 108 valence electrons. The minimum absolute atomic E-state index is 0.0528. The minimum atomic E-state index is -3.53. The highest BCUT2D eigenvalue weighted by molar-refractivity contribution is 7.89. The van der Waals surface area contributed by atoms with Gasteiger partial charge in [-0.1, -0.05) is 36.8 Å². The van der Waals surface area contributed by atoms with Crippen LogP contribution in [0, 0.1) is 17.8 Å². The number of rotatable bonds is 5. The summed E-state index contributed by atoms with van der Waals surface area (Å²) in [5.41, 5.74) is 5.83. The van der Waals surface area contributed by atoms with E-state index in [4.69, 9.17) is 5.73 Å². The van der Waals surface area contributed by atoms with E-state index in [0.29, 0.717) is 11.5 Å². The van der Waals surface area contributed by atoms with Gasteiger partial charge >= 0.3 is 0 Å². The van der Waals surface area contributed by atoms with Crippen LogP contribution in [0.25, 0.3) is 0 Å². The Morgan fingerprint density at radius 3 is 2.75 bits per heavy atom. The molecule has 1 fully saturated rings. The smallest absolute Gasteiger partial charge is 0.242 e. The molecular formula is C15H20N2O2S. The second-order valence-corrected chi connectivity index (χ2v) is 6.89. The molecule has 2 rings (SSSR count). The molecule has 0 spiro atoms. The molecule has 0 aliphatic heterocycles. The Balaban J connectivity index is 2.19. The summed E-state index contributed by atoms with van der Waals surface area (Å²) in [5.74, 6) is 6.19. The summed E-state index contributed by atoms with van der Waals surface area (Å²) in [6.45, 7) is 2.12. The van der Waals surface area contributed by atoms with Gasteiger partial charge in [-0.3, -0.25) is 0 Å². The van der Waals surface area contributed by atoms with Crippen LogP contribution in [-0.2, 0) is 10.0 Å². The Hall–Kier alpha value is -1.35. The average Bonchev–Trinajstić information content (AvgIpc) is 3.19. The summed E-state index contributed by atoms with van der Waals surface area (Å²) in [7, 11) is -3.53. The topological polar surface area (TPSA) is 72.2 Å². The highest BCUT2D eigenvalue weighted by Gasteiger charge is 2.26. The van der Waals surface area contributed by atoms with Gasteiger partial charge in [-0.15, -0.1) is 0 Å². The van der Waals surface area contributed by atoms with Crippen LogP contribution in [0.3, 0.4) is 0 Å². The monoisotopic (exact) mass is 292 g/mol. The van der Waals surface area contributed by atoms with Crippen molar-refractivity contribution in [3.8, 4) is 11.8 Å². The molecule has 20 heavy (non-hydrogen) atoms. The van der Waals surface area contributed by atoms with E-state index in [9.17, 15) is 8.42 Å². The molecule has 1 aliphatic carbocycles. The van der Waals surface area contributed by atoms with Crippen LogP contribution in [0.1, 0.15) is 31.7 Å². The maximum absolute atomic E-state index is 12.4. The van der Waals surface area contributed by atoms with Crippen molar-refractivity contribution in [2.75, 3.05) is 6.54 Å². The Morgan fingerprint density at radius 1 is 1.40 bits per heavy atom.